The minimum Gasteiger partial charge on any atom is -0.382 e. The molecule has 1 atom stereocenters. The first-order valence-corrected chi connectivity index (χ1v) is 7.27. The van der Waals surface area contributed by atoms with Crippen LogP contribution in [0.15, 0.2) is 18.2 Å². The molecule has 1 fully saturated rings. The molecule has 1 aliphatic rings. The van der Waals surface area contributed by atoms with Crippen LogP contribution in [0.3, 0.4) is 0 Å². The van der Waals surface area contributed by atoms with E-state index in [9.17, 15) is 4.79 Å². The van der Waals surface area contributed by atoms with Gasteiger partial charge >= 0.3 is 0 Å². The molecule has 2 N–H and O–H groups in total. The van der Waals surface area contributed by atoms with E-state index < -0.39 is 0 Å². The Kier molecular flexibility index (Phi) is 4.70. The molecule has 0 radical (unpaired) electrons. The monoisotopic (exact) mass is 280 g/mol. The fourth-order valence-corrected chi connectivity index (χ4v) is 2.96. The van der Waals surface area contributed by atoms with Crippen molar-refractivity contribution in [3.05, 3.63) is 23.2 Å². The van der Waals surface area contributed by atoms with Gasteiger partial charge in [-0.1, -0.05) is 24.4 Å². The van der Waals surface area contributed by atoms with Gasteiger partial charge in [-0.05, 0) is 43.9 Å². The Labute approximate surface area is 119 Å². The lowest BCUT2D eigenvalue weighted by atomic mass is 9.99. The largest absolute Gasteiger partial charge is 0.382 e. The van der Waals surface area contributed by atoms with Crippen molar-refractivity contribution in [2.75, 3.05) is 10.6 Å². The van der Waals surface area contributed by atoms with Crippen LogP contribution in [0.2, 0.25) is 5.02 Å². The molecule has 1 saturated carbocycles. The number of carbonyl (C=O) groups excluding carboxylic acids is 1. The summed E-state index contributed by atoms with van der Waals surface area (Å²) in [5.41, 5.74) is 1.67. The smallest absolute Gasteiger partial charge is 0.221 e. The van der Waals surface area contributed by atoms with Crippen LogP contribution in [0, 0.1) is 5.92 Å². The first kappa shape index (κ1) is 14.2. The second-order valence-electron chi connectivity index (χ2n) is 5.35. The van der Waals surface area contributed by atoms with Crippen LogP contribution in [0.25, 0.3) is 0 Å². The number of rotatable bonds is 4. The van der Waals surface area contributed by atoms with E-state index in [0.717, 1.165) is 11.6 Å². The van der Waals surface area contributed by atoms with Crippen LogP contribution >= 0.6 is 11.6 Å². The fourth-order valence-electron chi connectivity index (χ4n) is 2.73. The minimum absolute atomic E-state index is 0.109. The van der Waals surface area contributed by atoms with Gasteiger partial charge in [-0.2, -0.15) is 0 Å². The van der Waals surface area contributed by atoms with Crippen molar-refractivity contribution in [1.82, 2.24) is 0 Å². The zero-order valence-corrected chi connectivity index (χ0v) is 12.3. The number of nitrogens with one attached hydrogen (secondary N) is 2. The summed E-state index contributed by atoms with van der Waals surface area (Å²) in [6, 6.07) is 6.14. The number of anilines is 2. The van der Waals surface area contributed by atoms with Gasteiger partial charge in [0.1, 0.15) is 0 Å². The Morgan fingerprint density at radius 2 is 2.05 bits per heavy atom. The molecule has 1 aromatic carbocycles. The molecule has 2 rings (SSSR count). The highest BCUT2D eigenvalue weighted by molar-refractivity contribution is 6.34. The molecule has 0 aliphatic heterocycles. The average molecular weight is 281 g/mol. The second-order valence-corrected chi connectivity index (χ2v) is 5.76. The van der Waals surface area contributed by atoms with Gasteiger partial charge in [-0.3, -0.25) is 4.79 Å². The number of benzene rings is 1. The molecule has 0 bridgehead atoms. The van der Waals surface area contributed by atoms with E-state index in [-0.39, 0.29) is 5.91 Å². The number of hydrogen-bond donors (Lipinski definition) is 2. The van der Waals surface area contributed by atoms with E-state index in [1.54, 1.807) is 0 Å². The van der Waals surface area contributed by atoms with Crippen molar-refractivity contribution < 1.29 is 4.79 Å². The first-order valence-electron chi connectivity index (χ1n) is 6.90. The molecule has 4 heteroatoms. The van der Waals surface area contributed by atoms with Gasteiger partial charge in [0.15, 0.2) is 0 Å². The summed E-state index contributed by atoms with van der Waals surface area (Å²) in [5, 5.41) is 6.79. The standard InChI is InChI=1S/C15H21ClN2O/c1-10(12-5-3-4-6-12)17-13-7-8-15(14(16)9-13)18-11(2)19/h7-10,12,17H,3-6H2,1-2H3,(H,18,19). The van der Waals surface area contributed by atoms with Gasteiger partial charge in [-0.15, -0.1) is 0 Å². The summed E-state index contributed by atoms with van der Waals surface area (Å²) in [6.45, 7) is 3.70. The van der Waals surface area contributed by atoms with Crippen LogP contribution < -0.4 is 10.6 Å². The maximum Gasteiger partial charge on any atom is 0.221 e. The molecule has 1 aromatic rings. The molecule has 0 spiro atoms. The number of carbonyl (C=O) groups is 1. The SMILES string of the molecule is CC(=O)Nc1ccc(NC(C)C2CCCC2)cc1Cl. The highest BCUT2D eigenvalue weighted by Gasteiger charge is 2.21. The lowest BCUT2D eigenvalue weighted by Crippen LogP contribution is -2.23. The molecule has 1 amide bonds. The topological polar surface area (TPSA) is 41.1 Å². The third-order valence-electron chi connectivity index (χ3n) is 3.78. The van der Waals surface area contributed by atoms with Gasteiger partial charge < -0.3 is 10.6 Å². The lowest BCUT2D eigenvalue weighted by molar-refractivity contribution is -0.114. The Balaban J connectivity index is 2.00. The van der Waals surface area contributed by atoms with Gasteiger partial charge in [-0.25, -0.2) is 0 Å². The summed E-state index contributed by atoms with van der Waals surface area (Å²) in [7, 11) is 0. The van der Waals surface area contributed by atoms with Crippen molar-refractivity contribution in [3.8, 4) is 0 Å². The Hall–Kier alpha value is -1.22. The Morgan fingerprint density at radius 3 is 2.63 bits per heavy atom. The van der Waals surface area contributed by atoms with Crippen molar-refractivity contribution >= 4 is 28.9 Å². The quantitative estimate of drug-likeness (QED) is 0.864. The van der Waals surface area contributed by atoms with Crippen molar-refractivity contribution in [1.29, 1.82) is 0 Å². The van der Waals surface area contributed by atoms with E-state index in [4.69, 9.17) is 11.6 Å². The molecule has 0 aromatic heterocycles. The van der Waals surface area contributed by atoms with Crippen LogP contribution in [0.4, 0.5) is 11.4 Å². The number of amides is 1. The van der Waals surface area contributed by atoms with Gasteiger partial charge in [0.2, 0.25) is 5.91 Å². The van der Waals surface area contributed by atoms with Gasteiger partial charge in [0.05, 0.1) is 10.7 Å². The summed E-state index contributed by atoms with van der Waals surface area (Å²) >= 11 is 6.16. The summed E-state index contributed by atoms with van der Waals surface area (Å²) in [6.07, 6.45) is 5.32. The summed E-state index contributed by atoms with van der Waals surface area (Å²) in [5.74, 6) is 0.649. The van der Waals surface area contributed by atoms with Crippen LogP contribution in [-0.4, -0.2) is 11.9 Å². The minimum atomic E-state index is -0.109. The van der Waals surface area contributed by atoms with Crippen LogP contribution in [0.1, 0.15) is 39.5 Å². The zero-order chi connectivity index (χ0) is 13.8. The first-order chi connectivity index (χ1) is 9.06. The average Bonchev–Trinajstić information content (AvgIpc) is 2.86. The van der Waals surface area contributed by atoms with Crippen molar-refractivity contribution in [2.45, 2.75) is 45.6 Å². The summed E-state index contributed by atoms with van der Waals surface area (Å²) in [4.78, 5) is 11.0. The van der Waals surface area contributed by atoms with Gasteiger partial charge in [0, 0.05) is 18.7 Å². The van der Waals surface area contributed by atoms with E-state index in [1.807, 2.05) is 18.2 Å². The zero-order valence-electron chi connectivity index (χ0n) is 11.5. The van der Waals surface area contributed by atoms with E-state index in [1.165, 1.54) is 32.6 Å². The predicted octanol–water partition coefficient (Wildman–Crippen LogP) is 4.29. The molecule has 0 saturated heterocycles. The maximum absolute atomic E-state index is 11.0. The van der Waals surface area contributed by atoms with Crippen molar-refractivity contribution in [2.24, 2.45) is 5.92 Å². The number of halogens is 1. The normalized spacial score (nSPS) is 17.2. The second kappa shape index (κ2) is 6.29. The van der Waals surface area contributed by atoms with Gasteiger partial charge in [0.25, 0.3) is 0 Å². The molecule has 1 unspecified atom stereocenters. The predicted molar refractivity (Wildman–Crippen MR) is 80.8 cm³/mol. The maximum atomic E-state index is 11.0. The van der Waals surface area contributed by atoms with E-state index in [2.05, 4.69) is 17.6 Å². The Bertz CT molecular complexity index is 455. The van der Waals surface area contributed by atoms with Crippen molar-refractivity contribution in [3.63, 3.8) is 0 Å². The fraction of sp³-hybridized carbons (Fsp3) is 0.533. The molecule has 3 nitrogen and oxygen atoms in total. The molecular weight excluding hydrogens is 260 g/mol. The molecule has 1 aliphatic carbocycles. The van der Waals surface area contributed by atoms with E-state index >= 15 is 0 Å². The van der Waals surface area contributed by atoms with Crippen LogP contribution in [0.5, 0.6) is 0 Å². The van der Waals surface area contributed by atoms with Crippen LogP contribution in [-0.2, 0) is 4.79 Å². The third-order valence-corrected chi connectivity index (χ3v) is 4.09. The lowest BCUT2D eigenvalue weighted by Gasteiger charge is -2.22. The highest BCUT2D eigenvalue weighted by atomic mass is 35.5. The molecule has 104 valence electrons. The molecular formula is C15H21ClN2O. The number of hydrogen-bond acceptors (Lipinski definition) is 2. The van der Waals surface area contributed by atoms with E-state index in [0.29, 0.717) is 16.8 Å². The summed E-state index contributed by atoms with van der Waals surface area (Å²) < 4.78 is 0. The molecule has 0 heterocycles. The third kappa shape index (κ3) is 3.87. The molecule has 19 heavy (non-hydrogen) atoms. The highest BCUT2D eigenvalue weighted by Crippen LogP contribution is 2.31. The Morgan fingerprint density at radius 1 is 1.37 bits per heavy atom.